The van der Waals surface area contributed by atoms with Crippen molar-refractivity contribution in [3.63, 3.8) is 0 Å². The summed E-state index contributed by atoms with van der Waals surface area (Å²) in [6.07, 6.45) is 8.07. The van der Waals surface area contributed by atoms with Crippen LogP contribution >= 0.6 is 0 Å². The second-order valence-corrected chi connectivity index (χ2v) is 6.14. The Morgan fingerprint density at radius 3 is 3.04 bits per heavy atom. The van der Waals surface area contributed by atoms with Crippen LogP contribution in [-0.4, -0.2) is 42.2 Å². The van der Waals surface area contributed by atoms with E-state index in [4.69, 9.17) is 9.47 Å². The van der Waals surface area contributed by atoms with Gasteiger partial charge in [0.05, 0.1) is 13.2 Å². The van der Waals surface area contributed by atoms with Gasteiger partial charge in [-0.15, -0.1) is 6.58 Å². The van der Waals surface area contributed by atoms with Gasteiger partial charge in [-0.05, 0) is 36.0 Å². The normalized spacial score (nSPS) is 18.5. The van der Waals surface area contributed by atoms with Crippen LogP contribution < -0.4 is 0 Å². The summed E-state index contributed by atoms with van der Waals surface area (Å²) < 4.78 is 10.9. The van der Waals surface area contributed by atoms with E-state index in [2.05, 4.69) is 11.6 Å². The molecule has 1 aromatic heterocycles. The van der Waals surface area contributed by atoms with Crippen LogP contribution in [0.15, 0.2) is 25.0 Å². The van der Waals surface area contributed by atoms with Crippen molar-refractivity contribution >= 4 is 5.91 Å². The number of hydrogen-bond acceptors (Lipinski definition) is 4. The molecule has 0 N–H and O–H groups in total. The third-order valence-electron chi connectivity index (χ3n) is 4.60. The average Bonchev–Trinajstić information content (AvgIpc) is 2.62. The molecule has 0 atom stereocenters. The first-order chi connectivity index (χ1) is 11.3. The minimum absolute atomic E-state index is 0.123. The van der Waals surface area contributed by atoms with Crippen molar-refractivity contribution in [2.75, 3.05) is 26.4 Å². The smallest absolute Gasteiger partial charge is 0.226 e. The first-order valence-corrected chi connectivity index (χ1v) is 8.29. The molecule has 3 heterocycles. The largest absolute Gasteiger partial charge is 0.381 e. The third kappa shape index (κ3) is 3.79. The van der Waals surface area contributed by atoms with Crippen molar-refractivity contribution in [1.29, 1.82) is 0 Å². The molecule has 0 spiro atoms. The summed E-state index contributed by atoms with van der Waals surface area (Å²) in [6, 6.07) is 0. The van der Waals surface area contributed by atoms with Crippen LogP contribution in [0.5, 0.6) is 0 Å². The van der Waals surface area contributed by atoms with Crippen LogP contribution in [0.25, 0.3) is 0 Å². The number of carbonyl (C=O) groups excluding carboxylic acids is 1. The number of pyridine rings is 1. The first kappa shape index (κ1) is 16.1. The van der Waals surface area contributed by atoms with Gasteiger partial charge in [-0.1, -0.05) is 6.08 Å². The lowest BCUT2D eigenvalue weighted by molar-refractivity contribution is -0.139. The molecule has 2 aliphatic rings. The molecule has 1 aromatic rings. The SMILES string of the molecule is C=CCOCc1cncc2c1CCN(C(=O)C1CCOCC1)C2. The Kier molecular flexibility index (Phi) is 5.41. The van der Waals surface area contributed by atoms with E-state index in [1.54, 1.807) is 6.08 Å². The maximum absolute atomic E-state index is 12.7. The highest BCUT2D eigenvalue weighted by Gasteiger charge is 2.29. The Morgan fingerprint density at radius 2 is 2.26 bits per heavy atom. The summed E-state index contributed by atoms with van der Waals surface area (Å²) in [5.41, 5.74) is 3.57. The summed E-state index contributed by atoms with van der Waals surface area (Å²) in [4.78, 5) is 19.0. The number of ether oxygens (including phenoxy) is 2. The molecule has 0 unspecified atom stereocenters. The maximum atomic E-state index is 12.7. The van der Waals surface area contributed by atoms with Crippen LogP contribution in [-0.2, 0) is 33.8 Å². The Bertz CT molecular complexity index is 567. The van der Waals surface area contributed by atoms with Crippen molar-refractivity contribution in [3.8, 4) is 0 Å². The molecule has 1 fully saturated rings. The van der Waals surface area contributed by atoms with Gasteiger partial charge in [-0.2, -0.15) is 0 Å². The molecular weight excluding hydrogens is 292 g/mol. The molecule has 0 bridgehead atoms. The fourth-order valence-electron chi connectivity index (χ4n) is 3.34. The van der Waals surface area contributed by atoms with Crippen LogP contribution in [0.3, 0.4) is 0 Å². The lowest BCUT2D eigenvalue weighted by Gasteiger charge is -2.33. The van der Waals surface area contributed by atoms with Gasteiger partial charge in [-0.3, -0.25) is 9.78 Å². The number of amides is 1. The zero-order valence-electron chi connectivity index (χ0n) is 13.5. The molecule has 5 nitrogen and oxygen atoms in total. The van der Waals surface area contributed by atoms with E-state index >= 15 is 0 Å². The van der Waals surface area contributed by atoms with E-state index in [1.807, 2.05) is 17.3 Å². The van der Waals surface area contributed by atoms with Gasteiger partial charge in [0.25, 0.3) is 0 Å². The predicted molar refractivity (Wildman–Crippen MR) is 86.8 cm³/mol. The fraction of sp³-hybridized carbons (Fsp3) is 0.556. The number of fused-ring (bicyclic) bond motifs is 1. The zero-order valence-corrected chi connectivity index (χ0v) is 13.5. The van der Waals surface area contributed by atoms with Gasteiger partial charge in [0.2, 0.25) is 5.91 Å². The van der Waals surface area contributed by atoms with Crippen LogP contribution in [0.2, 0.25) is 0 Å². The molecule has 5 heteroatoms. The number of carbonyl (C=O) groups is 1. The summed E-state index contributed by atoms with van der Waals surface area (Å²) in [6.45, 7) is 7.59. The number of rotatable bonds is 5. The lowest BCUT2D eigenvalue weighted by Crippen LogP contribution is -2.41. The lowest BCUT2D eigenvalue weighted by atomic mass is 9.94. The molecule has 1 amide bonds. The Hall–Kier alpha value is -1.72. The van der Waals surface area contributed by atoms with Crippen molar-refractivity contribution in [1.82, 2.24) is 9.88 Å². The minimum atomic E-state index is 0.123. The average molecular weight is 316 g/mol. The molecule has 3 rings (SSSR count). The van der Waals surface area contributed by atoms with Crippen molar-refractivity contribution in [2.24, 2.45) is 5.92 Å². The highest BCUT2D eigenvalue weighted by molar-refractivity contribution is 5.79. The van der Waals surface area contributed by atoms with E-state index in [0.29, 0.717) is 33.0 Å². The van der Waals surface area contributed by atoms with Gasteiger partial charge >= 0.3 is 0 Å². The predicted octanol–water partition coefficient (Wildman–Crippen LogP) is 2.10. The van der Waals surface area contributed by atoms with E-state index in [1.165, 1.54) is 5.56 Å². The molecule has 0 saturated carbocycles. The van der Waals surface area contributed by atoms with Gasteiger partial charge < -0.3 is 14.4 Å². The number of hydrogen-bond donors (Lipinski definition) is 0. The fourth-order valence-corrected chi connectivity index (χ4v) is 3.34. The van der Waals surface area contributed by atoms with Gasteiger partial charge in [0.15, 0.2) is 0 Å². The van der Waals surface area contributed by atoms with Gasteiger partial charge in [0.1, 0.15) is 0 Å². The maximum Gasteiger partial charge on any atom is 0.226 e. The molecule has 1 saturated heterocycles. The molecule has 2 aliphatic heterocycles. The summed E-state index contributed by atoms with van der Waals surface area (Å²) in [5, 5.41) is 0. The van der Waals surface area contributed by atoms with Crippen molar-refractivity contribution in [3.05, 3.63) is 41.7 Å². The molecule has 23 heavy (non-hydrogen) atoms. The van der Waals surface area contributed by atoms with Gasteiger partial charge in [-0.25, -0.2) is 0 Å². The monoisotopic (exact) mass is 316 g/mol. The second kappa shape index (κ2) is 7.70. The molecule has 124 valence electrons. The molecular formula is C18H24N2O3. The van der Waals surface area contributed by atoms with E-state index in [9.17, 15) is 4.79 Å². The molecule has 0 radical (unpaired) electrons. The van der Waals surface area contributed by atoms with E-state index in [-0.39, 0.29) is 11.8 Å². The van der Waals surface area contributed by atoms with Crippen molar-refractivity contribution in [2.45, 2.75) is 32.4 Å². The summed E-state index contributed by atoms with van der Waals surface area (Å²) in [7, 11) is 0. The zero-order chi connectivity index (χ0) is 16.1. The molecule has 0 aliphatic carbocycles. The van der Waals surface area contributed by atoms with Crippen LogP contribution in [0.4, 0.5) is 0 Å². The van der Waals surface area contributed by atoms with Gasteiger partial charge in [0, 0.05) is 44.6 Å². The summed E-state index contributed by atoms with van der Waals surface area (Å²) in [5.74, 6) is 0.393. The molecule has 0 aromatic carbocycles. The summed E-state index contributed by atoms with van der Waals surface area (Å²) >= 11 is 0. The van der Waals surface area contributed by atoms with Crippen LogP contribution in [0.1, 0.15) is 29.5 Å². The number of aromatic nitrogens is 1. The Morgan fingerprint density at radius 1 is 1.43 bits per heavy atom. The third-order valence-corrected chi connectivity index (χ3v) is 4.60. The van der Waals surface area contributed by atoms with Crippen LogP contribution in [0, 0.1) is 5.92 Å². The Balaban J connectivity index is 1.67. The number of nitrogens with zero attached hydrogens (tertiary/aromatic N) is 2. The Labute approximate surface area is 137 Å². The second-order valence-electron chi connectivity index (χ2n) is 6.14. The van der Waals surface area contributed by atoms with E-state index < -0.39 is 0 Å². The van der Waals surface area contributed by atoms with E-state index in [0.717, 1.165) is 36.9 Å². The quantitative estimate of drug-likeness (QED) is 0.616. The standard InChI is InChI=1S/C18H24N2O3/c1-2-7-23-13-16-11-19-10-15-12-20(6-3-17(15)16)18(21)14-4-8-22-9-5-14/h2,10-11,14H,1,3-9,12-13H2. The van der Waals surface area contributed by atoms with Crippen molar-refractivity contribution < 1.29 is 14.3 Å². The highest BCUT2D eigenvalue weighted by atomic mass is 16.5. The first-order valence-electron chi connectivity index (χ1n) is 8.29. The highest BCUT2D eigenvalue weighted by Crippen LogP contribution is 2.25. The minimum Gasteiger partial charge on any atom is -0.381 e. The topological polar surface area (TPSA) is 51.7 Å².